The Morgan fingerprint density at radius 1 is 1.13 bits per heavy atom. The van der Waals surface area contributed by atoms with E-state index in [0.717, 1.165) is 5.56 Å². The summed E-state index contributed by atoms with van der Waals surface area (Å²) in [6.45, 7) is 0.262. The van der Waals surface area contributed by atoms with Crippen molar-refractivity contribution in [3.63, 3.8) is 0 Å². The molecule has 2 aromatic carbocycles. The maximum absolute atomic E-state index is 12.3. The van der Waals surface area contributed by atoms with Crippen LogP contribution < -0.4 is 15.8 Å². The lowest BCUT2D eigenvalue weighted by atomic mass is 10.2. The third-order valence-electron chi connectivity index (χ3n) is 2.72. The van der Waals surface area contributed by atoms with Gasteiger partial charge >= 0.3 is 6.36 Å². The summed E-state index contributed by atoms with van der Waals surface area (Å²) in [4.78, 5) is 4.06. The second kappa shape index (κ2) is 7.23. The molecule has 0 saturated heterocycles. The molecule has 0 spiro atoms. The van der Waals surface area contributed by atoms with Crippen LogP contribution in [0.3, 0.4) is 0 Å². The van der Waals surface area contributed by atoms with Gasteiger partial charge in [-0.05, 0) is 29.8 Å². The van der Waals surface area contributed by atoms with Gasteiger partial charge in [-0.25, -0.2) is 4.99 Å². The fraction of sp³-hybridized carbons (Fsp3) is 0.133. The Morgan fingerprint density at radius 3 is 2.43 bits per heavy atom. The second-order valence-electron chi connectivity index (χ2n) is 4.50. The van der Waals surface area contributed by atoms with Crippen LogP contribution >= 0.6 is 11.6 Å². The minimum absolute atomic E-state index is 0.0295. The Bertz CT molecular complexity index is 687. The van der Waals surface area contributed by atoms with Crippen LogP contribution in [0, 0.1) is 0 Å². The number of halogens is 4. The summed E-state index contributed by atoms with van der Waals surface area (Å²) in [5, 5.41) is 3.19. The van der Waals surface area contributed by atoms with E-state index in [1.54, 1.807) is 30.3 Å². The molecular formula is C15H13ClF3N3O. The fourth-order valence-corrected chi connectivity index (χ4v) is 1.85. The molecule has 0 aromatic heterocycles. The molecule has 0 bridgehead atoms. The number of alkyl halides is 3. The summed E-state index contributed by atoms with van der Waals surface area (Å²) in [6.07, 6.45) is -4.78. The number of benzene rings is 2. The van der Waals surface area contributed by atoms with Crippen molar-refractivity contribution in [1.82, 2.24) is 0 Å². The van der Waals surface area contributed by atoms with Crippen molar-refractivity contribution in [3.05, 3.63) is 59.1 Å². The van der Waals surface area contributed by atoms with Crippen LogP contribution in [-0.4, -0.2) is 12.3 Å². The highest BCUT2D eigenvalue weighted by molar-refractivity contribution is 6.30. The van der Waals surface area contributed by atoms with Gasteiger partial charge in [0.25, 0.3) is 0 Å². The van der Waals surface area contributed by atoms with Gasteiger partial charge in [0.1, 0.15) is 0 Å². The van der Waals surface area contributed by atoms with Crippen molar-refractivity contribution < 1.29 is 17.9 Å². The zero-order chi connectivity index (χ0) is 16.9. The van der Waals surface area contributed by atoms with Crippen LogP contribution in [0.2, 0.25) is 5.02 Å². The molecule has 3 N–H and O–H groups in total. The number of hydrogen-bond acceptors (Lipinski definition) is 2. The standard InChI is InChI=1S/C15H13ClF3N3O/c16-11-7-5-10(6-8-11)9-21-14(20)22-12-3-1-2-4-13(12)23-15(17,18)19/h1-8H,9H2,(H3,20,21,22). The average molecular weight is 344 g/mol. The van der Waals surface area contributed by atoms with Crippen LogP contribution in [0.4, 0.5) is 18.9 Å². The first-order valence-electron chi connectivity index (χ1n) is 6.49. The first-order chi connectivity index (χ1) is 10.8. The zero-order valence-corrected chi connectivity index (χ0v) is 12.5. The van der Waals surface area contributed by atoms with Gasteiger partial charge in [0.2, 0.25) is 0 Å². The Balaban J connectivity index is 2.06. The predicted molar refractivity (Wildman–Crippen MR) is 83.5 cm³/mol. The van der Waals surface area contributed by atoms with Crippen molar-refractivity contribution in [3.8, 4) is 5.75 Å². The molecule has 0 aliphatic heterocycles. The third kappa shape index (κ3) is 5.71. The lowest BCUT2D eigenvalue weighted by Gasteiger charge is -2.14. The molecule has 0 aliphatic rings. The lowest BCUT2D eigenvalue weighted by Crippen LogP contribution is -2.24. The van der Waals surface area contributed by atoms with Crippen LogP contribution in [-0.2, 0) is 6.54 Å². The van der Waals surface area contributed by atoms with E-state index in [2.05, 4.69) is 15.0 Å². The molecule has 4 nitrogen and oxygen atoms in total. The molecule has 8 heteroatoms. The quantitative estimate of drug-likeness (QED) is 0.647. The molecule has 0 atom stereocenters. The molecule has 2 aromatic rings. The molecule has 23 heavy (non-hydrogen) atoms. The molecule has 2 rings (SSSR count). The third-order valence-corrected chi connectivity index (χ3v) is 2.97. The highest BCUT2D eigenvalue weighted by Gasteiger charge is 2.32. The molecule has 0 fully saturated rings. The van der Waals surface area contributed by atoms with Gasteiger partial charge in [-0.2, -0.15) is 0 Å². The summed E-state index contributed by atoms with van der Waals surface area (Å²) in [6, 6.07) is 12.5. The number of nitrogens with one attached hydrogen (secondary N) is 1. The van der Waals surface area contributed by atoms with Gasteiger partial charge in [-0.1, -0.05) is 35.9 Å². The molecule has 0 saturated carbocycles. The normalized spacial score (nSPS) is 12.1. The highest BCUT2D eigenvalue weighted by Crippen LogP contribution is 2.29. The van der Waals surface area contributed by atoms with Gasteiger partial charge in [0, 0.05) is 5.02 Å². The summed E-state index contributed by atoms with van der Waals surface area (Å²) in [7, 11) is 0. The van der Waals surface area contributed by atoms with Crippen molar-refractivity contribution >= 4 is 23.2 Å². The molecular weight excluding hydrogens is 331 g/mol. The average Bonchev–Trinajstić information content (AvgIpc) is 2.47. The fourth-order valence-electron chi connectivity index (χ4n) is 1.73. The number of nitrogens with two attached hydrogens (primary N) is 1. The second-order valence-corrected chi connectivity index (χ2v) is 4.93. The number of rotatable bonds is 4. The Labute approximate surface area is 135 Å². The van der Waals surface area contributed by atoms with Crippen LogP contribution in [0.15, 0.2) is 53.5 Å². The van der Waals surface area contributed by atoms with E-state index in [1.165, 1.54) is 18.2 Å². The van der Waals surface area contributed by atoms with E-state index in [-0.39, 0.29) is 23.9 Å². The van der Waals surface area contributed by atoms with E-state index < -0.39 is 6.36 Å². The topological polar surface area (TPSA) is 59.6 Å². The van der Waals surface area contributed by atoms with Crippen LogP contribution in [0.1, 0.15) is 5.56 Å². The number of aliphatic imine (C=N–C) groups is 1. The molecule has 0 aliphatic carbocycles. The monoisotopic (exact) mass is 343 g/mol. The number of guanidine groups is 1. The summed E-state index contributed by atoms with van der Waals surface area (Å²) in [5.74, 6) is -0.414. The predicted octanol–water partition coefficient (Wildman–Crippen LogP) is 4.17. The first-order valence-corrected chi connectivity index (χ1v) is 6.87. The minimum Gasteiger partial charge on any atom is -0.404 e. The smallest absolute Gasteiger partial charge is 0.404 e. The Hall–Kier alpha value is -2.41. The van der Waals surface area contributed by atoms with Crippen LogP contribution in [0.5, 0.6) is 5.75 Å². The zero-order valence-electron chi connectivity index (χ0n) is 11.8. The van der Waals surface area contributed by atoms with Crippen molar-refractivity contribution in [1.29, 1.82) is 0 Å². The molecule has 0 amide bonds. The Morgan fingerprint density at radius 2 is 1.78 bits per heavy atom. The van der Waals surface area contributed by atoms with Gasteiger partial charge < -0.3 is 15.8 Å². The number of hydrogen-bond donors (Lipinski definition) is 2. The number of nitrogens with zero attached hydrogens (tertiary/aromatic N) is 1. The summed E-state index contributed by atoms with van der Waals surface area (Å²) in [5.41, 5.74) is 6.62. The SMILES string of the molecule is NC(=NCc1ccc(Cl)cc1)Nc1ccccc1OC(F)(F)F. The van der Waals surface area contributed by atoms with Crippen molar-refractivity contribution in [2.45, 2.75) is 12.9 Å². The number of para-hydroxylation sites is 2. The summed E-state index contributed by atoms with van der Waals surface area (Å²) < 4.78 is 40.9. The minimum atomic E-state index is -4.78. The summed E-state index contributed by atoms with van der Waals surface area (Å²) >= 11 is 5.77. The first kappa shape index (κ1) is 17.0. The van der Waals surface area contributed by atoms with E-state index in [9.17, 15) is 13.2 Å². The van der Waals surface area contributed by atoms with E-state index in [0.29, 0.717) is 5.02 Å². The highest BCUT2D eigenvalue weighted by atomic mass is 35.5. The molecule has 0 heterocycles. The Kier molecular flexibility index (Phi) is 5.33. The largest absolute Gasteiger partial charge is 0.573 e. The molecule has 122 valence electrons. The maximum Gasteiger partial charge on any atom is 0.573 e. The van der Waals surface area contributed by atoms with Crippen molar-refractivity contribution in [2.24, 2.45) is 10.7 Å². The lowest BCUT2D eigenvalue weighted by molar-refractivity contribution is -0.274. The van der Waals surface area contributed by atoms with Gasteiger partial charge in [0.05, 0.1) is 12.2 Å². The molecule has 0 radical (unpaired) electrons. The van der Waals surface area contributed by atoms with Gasteiger partial charge in [0.15, 0.2) is 11.7 Å². The van der Waals surface area contributed by atoms with Gasteiger partial charge in [-0.15, -0.1) is 13.2 Å². The number of ether oxygens (including phenoxy) is 1. The van der Waals surface area contributed by atoms with E-state index >= 15 is 0 Å². The number of anilines is 1. The van der Waals surface area contributed by atoms with Gasteiger partial charge in [-0.3, -0.25) is 0 Å². The van der Waals surface area contributed by atoms with Crippen molar-refractivity contribution in [2.75, 3.05) is 5.32 Å². The molecule has 0 unspecified atom stereocenters. The maximum atomic E-state index is 12.3. The van der Waals surface area contributed by atoms with E-state index in [1.807, 2.05) is 0 Å². The van der Waals surface area contributed by atoms with Crippen LogP contribution in [0.25, 0.3) is 0 Å². The van der Waals surface area contributed by atoms with E-state index in [4.69, 9.17) is 17.3 Å².